The Morgan fingerprint density at radius 3 is 2.22 bits per heavy atom. The number of hydrogen-bond donors (Lipinski definition) is 2. The maximum absolute atomic E-state index is 9.10. The van der Waals surface area contributed by atoms with E-state index in [4.69, 9.17) is 24.2 Å². The normalized spacial score (nSPS) is 28.6. The van der Waals surface area contributed by atoms with E-state index in [9.17, 15) is 0 Å². The number of nitrogens with zero attached hydrogens (tertiary/aromatic N) is 2. The van der Waals surface area contributed by atoms with Gasteiger partial charge in [-0.1, -0.05) is 0 Å². The number of fused-ring (bicyclic) bond motifs is 2. The molecule has 2 fully saturated rings. The quantitative estimate of drug-likeness (QED) is 0.689. The number of rotatable bonds is 1. The third-order valence-electron chi connectivity index (χ3n) is 3.41. The highest BCUT2D eigenvalue weighted by Crippen LogP contribution is 2.42. The van der Waals surface area contributed by atoms with Crippen LogP contribution in [0.15, 0.2) is 16.9 Å². The van der Waals surface area contributed by atoms with E-state index in [2.05, 4.69) is 9.88 Å². The van der Waals surface area contributed by atoms with Gasteiger partial charge in [-0.2, -0.15) is 0 Å². The smallest absolute Gasteiger partial charge is 0.414 e. The predicted octanol–water partition coefficient (Wildman–Crippen LogP) is 0.177. The van der Waals surface area contributed by atoms with Crippen LogP contribution in [0, 0.1) is 0 Å². The molecular formula is C11H14N2O5. The van der Waals surface area contributed by atoms with Crippen molar-refractivity contribution in [3.05, 3.63) is 18.4 Å². The molecule has 0 aromatic carbocycles. The summed E-state index contributed by atoms with van der Waals surface area (Å²) >= 11 is 0. The van der Waals surface area contributed by atoms with Gasteiger partial charge in [-0.05, 0) is 25.9 Å². The fraction of sp³-hybridized carbons (Fsp3) is 0.545. The van der Waals surface area contributed by atoms with Crippen molar-refractivity contribution in [1.29, 1.82) is 0 Å². The number of piperidine rings is 1. The molecule has 3 rings (SSSR count). The number of carbonyl (C=O) groups is 2. The summed E-state index contributed by atoms with van der Waals surface area (Å²) in [5.41, 5.74) is 0.281. The molecule has 98 valence electrons. The van der Waals surface area contributed by atoms with Crippen LogP contribution in [0.25, 0.3) is 0 Å². The second-order valence-corrected chi connectivity index (χ2v) is 4.50. The first-order valence-corrected chi connectivity index (χ1v) is 5.62. The number of carboxylic acids is 2. The lowest BCUT2D eigenvalue weighted by Gasteiger charge is -2.20. The van der Waals surface area contributed by atoms with E-state index in [0.717, 1.165) is 12.4 Å². The van der Waals surface area contributed by atoms with Crippen LogP contribution in [-0.4, -0.2) is 51.7 Å². The Labute approximate surface area is 103 Å². The van der Waals surface area contributed by atoms with E-state index in [1.807, 2.05) is 0 Å². The van der Waals surface area contributed by atoms with Crippen LogP contribution in [0.2, 0.25) is 0 Å². The average molecular weight is 254 g/mol. The standard InChI is InChI=1S/C9H12N2O.C2H2O4/c1-4-11-5-2-9(1,7-11)8-10-3-6-12-8;3-1(4)2(5)6/h3,6H,1-2,4-5,7H2;(H,3,4)(H,5,6). The Morgan fingerprint density at radius 2 is 1.89 bits per heavy atom. The fourth-order valence-electron chi connectivity index (χ4n) is 2.49. The minimum absolute atomic E-state index is 0.281. The lowest BCUT2D eigenvalue weighted by molar-refractivity contribution is -0.159. The second-order valence-electron chi connectivity index (χ2n) is 4.50. The first kappa shape index (κ1) is 12.6. The zero-order valence-corrected chi connectivity index (χ0v) is 9.70. The molecule has 7 heteroatoms. The number of hydrogen-bond acceptors (Lipinski definition) is 5. The Bertz CT molecular complexity index is 422. The molecular weight excluding hydrogens is 240 g/mol. The summed E-state index contributed by atoms with van der Waals surface area (Å²) in [6.45, 7) is 3.61. The van der Waals surface area contributed by atoms with Crippen LogP contribution < -0.4 is 0 Å². The maximum Gasteiger partial charge on any atom is 0.414 e. The van der Waals surface area contributed by atoms with Crippen molar-refractivity contribution in [2.24, 2.45) is 0 Å². The van der Waals surface area contributed by atoms with Gasteiger partial charge in [0.2, 0.25) is 5.89 Å². The number of aromatic nitrogens is 1. The largest absolute Gasteiger partial charge is 0.473 e. The van der Waals surface area contributed by atoms with E-state index in [0.29, 0.717) is 0 Å². The van der Waals surface area contributed by atoms with Gasteiger partial charge in [0.25, 0.3) is 0 Å². The SMILES string of the molecule is O=C(O)C(=O)O.c1coc(C23CCN(CC2)C3)n1. The molecule has 1 aromatic rings. The minimum atomic E-state index is -1.82. The van der Waals surface area contributed by atoms with E-state index in [-0.39, 0.29) is 5.41 Å². The average Bonchev–Trinajstić information content (AvgIpc) is 3.07. The molecule has 0 amide bonds. The van der Waals surface area contributed by atoms with Gasteiger partial charge in [0, 0.05) is 6.54 Å². The van der Waals surface area contributed by atoms with Crippen LogP contribution >= 0.6 is 0 Å². The summed E-state index contributed by atoms with van der Waals surface area (Å²) in [7, 11) is 0. The van der Waals surface area contributed by atoms with Gasteiger partial charge in [0.05, 0.1) is 11.6 Å². The minimum Gasteiger partial charge on any atom is -0.473 e. The Kier molecular flexibility index (Phi) is 3.33. The van der Waals surface area contributed by atoms with Crippen LogP contribution in [-0.2, 0) is 15.0 Å². The third-order valence-corrected chi connectivity index (χ3v) is 3.41. The first-order chi connectivity index (χ1) is 8.53. The van der Waals surface area contributed by atoms with Gasteiger partial charge < -0.3 is 19.5 Å². The molecule has 3 heterocycles. The van der Waals surface area contributed by atoms with Crippen molar-refractivity contribution in [3.63, 3.8) is 0 Å². The third kappa shape index (κ3) is 2.35. The Morgan fingerprint density at radius 1 is 1.28 bits per heavy atom. The van der Waals surface area contributed by atoms with Gasteiger partial charge in [0.15, 0.2) is 0 Å². The molecule has 0 atom stereocenters. The van der Waals surface area contributed by atoms with Gasteiger partial charge >= 0.3 is 11.9 Å². The van der Waals surface area contributed by atoms with Crippen molar-refractivity contribution in [3.8, 4) is 0 Å². The van der Waals surface area contributed by atoms with E-state index >= 15 is 0 Å². The lowest BCUT2D eigenvalue weighted by Crippen LogP contribution is -2.24. The van der Waals surface area contributed by atoms with Crippen LogP contribution in [0.1, 0.15) is 18.7 Å². The molecule has 1 aromatic heterocycles. The highest BCUT2D eigenvalue weighted by atomic mass is 16.4. The Balaban J connectivity index is 0.000000174. The molecule has 0 radical (unpaired) electrons. The molecule has 2 aliphatic rings. The second kappa shape index (κ2) is 4.77. The Hall–Kier alpha value is -1.89. The van der Waals surface area contributed by atoms with E-state index in [1.54, 1.807) is 12.5 Å². The summed E-state index contributed by atoms with van der Waals surface area (Å²) in [5.74, 6) is -2.69. The zero-order valence-electron chi connectivity index (χ0n) is 9.70. The molecule has 0 aliphatic carbocycles. The van der Waals surface area contributed by atoms with Crippen molar-refractivity contribution < 1.29 is 24.2 Å². The number of oxazole rings is 1. The highest BCUT2D eigenvalue weighted by molar-refractivity contribution is 6.27. The van der Waals surface area contributed by atoms with Gasteiger partial charge in [-0.3, -0.25) is 0 Å². The molecule has 18 heavy (non-hydrogen) atoms. The van der Waals surface area contributed by atoms with Crippen molar-refractivity contribution >= 4 is 11.9 Å². The van der Waals surface area contributed by atoms with Gasteiger partial charge in [-0.15, -0.1) is 0 Å². The van der Waals surface area contributed by atoms with Crippen LogP contribution in [0.5, 0.6) is 0 Å². The molecule has 2 aliphatic heterocycles. The van der Waals surface area contributed by atoms with Crippen LogP contribution in [0.3, 0.4) is 0 Å². The summed E-state index contributed by atoms with van der Waals surface area (Å²) in [6.07, 6.45) is 5.90. The van der Waals surface area contributed by atoms with Gasteiger partial charge in [0.1, 0.15) is 6.26 Å². The molecule has 0 saturated carbocycles. The van der Waals surface area contributed by atoms with E-state index < -0.39 is 11.9 Å². The maximum atomic E-state index is 9.10. The zero-order chi connectivity index (χ0) is 13.2. The summed E-state index contributed by atoms with van der Waals surface area (Å²) < 4.78 is 5.40. The summed E-state index contributed by atoms with van der Waals surface area (Å²) in [5, 5.41) is 14.8. The molecule has 2 N–H and O–H groups in total. The summed E-state index contributed by atoms with van der Waals surface area (Å²) in [6, 6.07) is 0. The van der Waals surface area contributed by atoms with Crippen molar-refractivity contribution in [1.82, 2.24) is 9.88 Å². The lowest BCUT2D eigenvalue weighted by atomic mass is 9.85. The molecule has 0 spiro atoms. The monoisotopic (exact) mass is 254 g/mol. The highest BCUT2D eigenvalue weighted by Gasteiger charge is 2.47. The topological polar surface area (TPSA) is 104 Å². The fourth-order valence-corrected chi connectivity index (χ4v) is 2.49. The number of carboxylic acid groups (broad SMARTS) is 2. The van der Waals surface area contributed by atoms with Crippen molar-refractivity contribution in [2.75, 3.05) is 19.6 Å². The molecule has 2 saturated heterocycles. The number of aliphatic carboxylic acids is 2. The molecule has 2 bridgehead atoms. The predicted molar refractivity (Wildman–Crippen MR) is 59.1 cm³/mol. The molecule has 0 unspecified atom stereocenters. The first-order valence-electron chi connectivity index (χ1n) is 5.62. The van der Waals surface area contributed by atoms with E-state index in [1.165, 1.54) is 25.9 Å². The molecule has 7 nitrogen and oxygen atoms in total. The van der Waals surface area contributed by atoms with Crippen molar-refractivity contribution in [2.45, 2.75) is 18.3 Å². The van der Waals surface area contributed by atoms with Gasteiger partial charge in [-0.25, -0.2) is 14.6 Å². The van der Waals surface area contributed by atoms with Crippen LogP contribution in [0.4, 0.5) is 0 Å². The summed E-state index contributed by atoms with van der Waals surface area (Å²) in [4.78, 5) is 25.0.